The number of phenolic OH excluding ortho intramolecular Hbond substituents is 2. The number of nitrogens with zero attached hydrogens (tertiary/aromatic N) is 2. The van der Waals surface area contributed by atoms with Crippen LogP contribution in [0.4, 0.5) is 0 Å². The molecule has 0 saturated heterocycles. The number of aromatic nitrogens is 2. The summed E-state index contributed by atoms with van der Waals surface area (Å²) in [6.45, 7) is 4.82. The molecular formula is C24H27N3O5. The van der Waals surface area contributed by atoms with Crippen LogP contribution in [0.2, 0.25) is 0 Å². The Balaban J connectivity index is 1.90. The van der Waals surface area contributed by atoms with Crippen LogP contribution in [0.25, 0.3) is 11.3 Å². The zero-order valence-electron chi connectivity index (χ0n) is 18.6. The van der Waals surface area contributed by atoms with Crippen LogP contribution in [-0.4, -0.2) is 58.6 Å². The lowest BCUT2D eigenvalue weighted by atomic mass is 9.93. The maximum atomic E-state index is 13.3. The third-order valence-electron chi connectivity index (χ3n) is 5.83. The van der Waals surface area contributed by atoms with Gasteiger partial charge >= 0.3 is 0 Å². The normalized spacial score (nSPS) is 15.3. The summed E-state index contributed by atoms with van der Waals surface area (Å²) in [5.74, 6) is 0.283. The summed E-state index contributed by atoms with van der Waals surface area (Å²) in [5, 5.41) is 28.2. The molecule has 8 heteroatoms. The minimum Gasteiger partial charge on any atom is -0.507 e. The first-order chi connectivity index (χ1) is 15.4. The Bertz CT molecular complexity index is 1150. The predicted octanol–water partition coefficient (Wildman–Crippen LogP) is 3.70. The molecule has 0 fully saturated rings. The number of aromatic hydroxyl groups is 2. The minimum atomic E-state index is -0.460. The molecule has 1 unspecified atom stereocenters. The maximum Gasteiger partial charge on any atom is 0.273 e. The molecule has 3 aromatic rings. The number of amides is 1. The number of aryl methyl sites for hydroxylation is 2. The van der Waals surface area contributed by atoms with E-state index in [0.29, 0.717) is 47.8 Å². The number of ether oxygens (including phenoxy) is 2. The van der Waals surface area contributed by atoms with E-state index >= 15 is 0 Å². The molecule has 1 atom stereocenters. The van der Waals surface area contributed by atoms with Crippen molar-refractivity contribution in [3.05, 3.63) is 58.3 Å². The molecule has 2 heterocycles. The van der Waals surface area contributed by atoms with Gasteiger partial charge in [0, 0.05) is 31.4 Å². The lowest BCUT2D eigenvalue weighted by Crippen LogP contribution is -2.31. The second-order valence-corrected chi connectivity index (χ2v) is 8.02. The average Bonchev–Trinajstić information content (AvgIpc) is 3.28. The first-order valence-corrected chi connectivity index (χ1v) is 10.4. The van der Waals surface area contributed by atoms with E-state index in [1.807, 2.05) is 19.9 Å². The quantitative estimate of drug-likeness (QED) is 0.487. The summed E-state index contributed by atoms with van der Waals surface area (Å²) in [4.78, 5) is 15.1. The Morgan fingerprint density at radius 1 is 1.12 bits per heavy atom. The molecule has 168 valence electrons. The van der Waals surface area contributed by atoms with Crippen LogP contribution < -0.4 is 4.74 Å². The molecule has 0 aliphatic carbocycles. The van der Waals surface area contributed by atoms with E-state index in [4.69, 9.17) is 9.47 Å². The third kappa shape index (κ3) is 3.56. The summed E-state index contributed by atoms with van der Waals surface area (Å²) in [6, 6.07) is 8.25. The topological polar surface area (TPSA) is 108 Å². The molecule has 1 aliphatic heterocycles. The Morgan fingerprint density at radius 3 is 2.59 bits per heavy atom. The van der Waals surface area contributed by atoms with Crippen LogP contribution in [0.1, 0.15) is 45.2 Å². The second kappa shape index (κ2) is 8.55. The molecule has 1 aromatic heterocycles. The smallest absolute Gasteiger partial charge is 0.273 e. The Morgan fingerprint density at radius 2 is 1.91 bits per heavy atom. The van der Waals surface area contributed by atoms with Crippen molar-refractivity contribution in [1.82, 2.24) is 15.1 Å². The monoisotopic (exact) mass is 437 g/mol. The molecule has 1 aliphatic rings. The molecule has 0 saturated carbocycles. The number of carbonyl (C=O) groups is 1. The van der Waals surface area contributed by atoms with Crippen LogP contribution in [0.5, 0.6) is 17.2 Å². The number of rotatable bonds is 7. The number of H-pyrrole nitrogens is 1. The fourth-order valence-corrected chi connectivity index (χ4v) is 4.46. The highest BCUT2D eigenvalue weighted by molar-refractivity contribution is 6.00. The molecule has 2 aromatic carbocycles. The van der Waals surface area contributed by atoms with Crippen molar-refractivity contribution < 1.29 is 24.5 Å². The molecule has 3 N–H and O–H groups in total. The molecule has 32 heavy (non-hydrogen) atoms. The summed E-state index contributed by atoms with van der Waals surface area (Å²) in [5.41, 5.74) is 4.80. The number of methoxy groups -OCH3 is 2. The predicted molar refractivity (Wildman–Crippen MR) is 119 cm³/mol. The van der Waals surface area contributed by atoms with E-state index in [2.05, 4.69) is 10.2 Å². The summed E-state index contributed by atoms with van der Waals surface area (Å²) < 4.78 is 10.5. The average molecular weight is 437 g/mol. The van der Waals surface area contributed by atoms with Crippen molar-refractivity contribution >= 4 is 5.91 Å². The van der Waals surface area contributed by atoms with E-state index in [-0.39, 0.29) is 17.4 Å². The number of fused-ring (bicyclic) bond motifs is 1. The highest BCUT2D eigenvalue weighted by atomic mass is 16.5. The lowest BCUT2D eigenvalue weighted by molar-refractivity contribution is 0.0723. The zero-order valence-corrected chi connectivity index (χ0v) is 18.6. The van der Waals surface area contributed by atoms with Crippen LogP contribution in [-0.2, 0) is 4.74 Å². The molecule has 0 bridgehead atoms. The highest BCUT2D eigenvalue weighted by Crippen LogP contribution is 2.46. The van der Waals surface area contributed by atoms with Gasteiger partial charge in [0.15, 0.2) is 11.5 Å². The van der Waals surface area contributed by atoms with Gasteiger partial charge in [0.2, 0.25) is 0 Å². The van der Waals surface area contributed by atoms with E-state index in [0.717, 1.165) is 16.7 Å². The van der Waals surface area contributed by atoms with Gasteiger partial charge in [-0.1, -0.05) is 12.1 Å². The van der Waals surface area contributed by atoms with Crippen molar-refractivity contribution in [2.45, 2.75) is 26.3 Å². The first kappa shape index (κ1) is 21.7. The Kier molecular flexibility index (Phi) is 5.80. The van der Waals surface area contributed by atoms with E-state index in [1.165, 1.54) is 7.11 Å². The number of carbonyl (C=O) groups excluding carboxylic acids is 1. The fraction of sp³-hybridized carbons (Fsp3) is 0.333. The van der Waals surface area contributed by atoms with Crippen LogP contribution in [0, 0.1) is 13.8 Å². The van der Waals surface area contributed by atoms with Crippen molar-refractivity contribution in [2.24, 2.45) is 0 Å². The van der Waals surface area contributed by atoms with Gasteiger partial charge in [-0.25, -0.2) is 0 Å². The molecule has 0 spiro atoms. The van der Waals surface area contributed by atoms with Gasteiger partial charge in [0.1, 0.15) is 17.1 Å². The Hall–Kier alpha value is -3.52. The molecule has 8 nitrogen and oxygen atoms in total. The summed E-state index contributed by atoms with van der Waals surface area (Å²) in [6.07, 6.45) is 0.663. The number of nitrogens with one attached hydrogen (secondary N) is 1. The number of aromatic amines is 1. The highest BCUT2D eigenvalue weighted by Gasteiger charge is 2.42. The molecule has 0 radical (unpaired) electrons. The molecular weight excluding hydrogens is 410 g/mol. The van der Waals surface area contributed by atoms with Gasteiger partial charge in [0.05, 0.1) is 13.2 Å². The summed E-state index contributed by atoms with van der Waals surface area (Å²) >= 11 is 0. The third-order valence-corrected chi connectivity index (χ3v) is 5.83. The van der Waals surface area contributed by atoms with Crippen molar-refractivity contribution in [2.75, 3.05) is 27.4 Å². The van der Waals surface area contributed by atoms with E-state index < -0.39 is 6.04 Å². The van der Waals surface area contributed by atoms with E-state index in [9.17, 15) is 15.0 Å². The van der Waals surface area contributed by atoms with Crippen LogP contribution >= 0.6 is 0 Å². The molecule has 4 rings (SSSR count). The minimum absolute atomic E-state index is 0.0196. The number of benzene rings is 2. The van der Waals surface area contributed by atoms with Crippen LogP contribution in [0.3, 0.4) is 0 Å². The van der Waals surface area contributed by atoms with Crippen molar-refractivity contribution in [1.29, 1.82) is 0 Å². The maximum absolute atomic E-state index is 13.3. The summed E-state index contributed by atoms with van der Waals surface area (Å²) in [7, 11) is 3.11. The zero-order chi connectivity index (χ0) is 23.0. The molecule has 1 amide bonds. The van der Waals surface area contributed by atoms with Crippen molar-refractivity contribution in [3.63, 3.8) is 0 Å². The van der Waals surface area contributed by atoms with Gasteiger partial charge in [-0.3, -0.25) is 9.89 Å². The number of phenols is 2. The van der Waals surface area contributed by atoms with Gasteiger partial charge in [-0.2, -0.15) is 5.10 Å². The lowest BCUT2D eigenvalue weighted by Gasteiger charge is -2.27. The van der Waals surface area contributed by atoms with Gasteiger partial charge < -0.3 is 24.6 Å². The second-order valence-electron chi connectivity index (χ2n) is 8.02. The largest absolute Gasteiger partial charge is 0.507 e. The van der Waals surface area contributed by atoms with E-state index in [1.54, 1.807) is 36.3 Å². The van der Waals surface area contributed by atoms with Gasteiger partial charge in [0.25, 0.3) is 5.91 Å². The van der Waals surface area contributed by atoms with Crippen molar-refractivity contribution in [3.8, 4) is 28.5 Å². The van der Waals surface area contributed by atoms with Crippen LogP contribution in [0.15, 0.2) is 30.3 Å². The van der Waals surface area contributed by atoms with Gasteiger partial charge in [-0.15, -0.1) is 0 Å². The number of hydrogen-bond acceptors (Lipinski definition) is 6. The fourth-order valence-electron chi connectivity index (χ4n) is 4.46. The number of hydrogen-bond donors (Lipinski definition) is 3. The first-order valence-electron chi connectivity index (χ1n) is 10.4. The van der Waals surface area contributed by atoms with Gasteiger partial charge in [-0.05, 0) is 55.2 Å². The Labute approximate surface area is 186 Å². The SMILES string of the molecule is COCCCN1C(=O)c2[nH]nc(-c3c(C)cc(C)cc3O)c2C1c1ccc(O)c(OC)c1. The standard InChI is InChI=1S/C24H27N3O5/c1-13-10-14(2)19(17(29)11-13)21-20-22(26-25-21)24(30)27(8-5-9-31-3)23(20)15-6-7-16(28)18(12-15)32-4/h6-7,10-12,23,28-29H,5,8-9H2,1-4H3,(H,25,26).